The van der Waals surface area contributed by atoms with Crippen LogP contribution in [0.4, 0.5) is 26.3 Å². The van der Waals surface area contributed by atoms with E-state index in [1.54, 1.807) is 0 Å². The van der Waals surface area contributed by atoms with Crippen molar-refractivity contribution in [2.45, 2.75) is 31.1 Å². The first kappa shape index (κ1) is 11.6. The molecular weight excluding hydrogens is 186 g/mol. The molecule has 0 amide bonds. The highest BCUT2D eigenvalue weighted by molar-refractivity contribution is 4.79. The molecule has 1 radical (unpaired) electrons. The van der Waals surface area contributed by atoms with Crippen molar-refractivity contribution in [3.05, 3.63) is 6.92 Å². The summed E-state index contributed by atoms with van der Waals surface area (Å²) >= 11 is 0. The molecule has 0 aromatic carbocycles. The molecule has 12 heavy (non-hydrogen) atoms. The lowest BCUT2D eigenvalue weighted by Gasteiger charge is -2.20. The standard InChI is InChI=1S/C6H7F6/c1-2-4(7)3-5(8,9)6(10,11)12/h4H,1-3H2/t4-/m0/s1. The van der Waals surface area contributed by atoms with Gasteiger partial charge in [-0.1, -0.05) is 6.92 Å². The molecule has 0 fully saturated rings. The maximum Gasteiger partial charge on any atom is 0.453 e. The monoisotopic (exact) mass is 193 g/mol. The number of hydrogen-bond acceptors (Lipinski definition) is 0. The van der Waals surface area contributed by atoms with Crippen LogP contribution in [0, 0.1) is 6.92 Å². The summed E-state index contributed by atoms with van der Waals surface area (Å²) in [5.41, 5.74) is 0. The molecule has 0 saturated heterocycles. The number of rotatable bonds is 3. The van der Waals surface area contributed by atoms with E-state index in [2.05, 4.69) is 6.92 Å². The Morgan fingerprint density at radius 2 is 1.50 bits per heavy atom. The quantitative estimate of drug-likeness (QED) is 0.604. The Balaban J connectivity index is 4.22. The van der Waals surface area contributed by atoms with E-state index in [0.717, 1.165) is 0 Å². The Morgan fingerprint density at radius 3 is 1.75 bits per heavy atom. The van der Waals surface area contributed by atoms with Gasteiger partial charge in [0.1, 0.15) is 6.17 Å². The van der Waals surface area contributed by atoms with Crippen molar-refractivity contribution < 1.29 is 26.3 Å². The van der Waals surface area contributed by atoms with Crippen molar-refractivity contribution in [3.63, 3.8) is 0 Å². The van der Waals surface area contributed by atoms with E-state index in [0.29, 0.717) is 0 Å². The van der Waals surface area contributed by atoms with Crippen molar-refractivity contribution >= 4 is 0 Å². The Hall–Kier alpha value is -0.420. The fourth-order valence-electron chi connectivity index (χ4n) is 0.496. The molecule has 0 aromatic heterocycles. The predicted octanol–water partition coefficient (Wildman–Crippen LogP) is 3.14. The van der Waals surface area contributed by atoms with Gasteiger partial charge in [0.2, 0.25) is 0 Å². The van der Waals surface area contributed by atoms with E-state index >= 15 is 0 Å². The van der Waals surface area contributed by atoms with Crippen LogP contribution in [0.1, 0.15) is 12.8 Å². The van der Waals surface area contributed by atoms with Crippen molar-refractivity contribution in [1.29, 1.82) is 0 Å². The molecule has 6 heteroatoms. The van der Waals surface area contributed by atoms with E-state index < -0.39 is 31.1 Å². The van der Waals surface area contributed by atoms with Gasteiger partial charge in [-0.2, -0.15) is 22.0 Å². The fourth-order valence-corrected chi connectivity index (χ4v) is 0.496. The van der Waals surface area contributed by atoms with Crippen LogP contribution in [0.2, 0.25) is 0 Å². The molecule has 0 nitrogen and oxygen atoms in total. The van der Waals surface area contributed by atoms with Crippen molar-refractivity contribution in [2.24, 2.45) is 0 Å². The van der Waals surface area contributed by atoms with Gasteiger partial charge in [-0.15, -0.1) is 0 Å². The van der Waals surface area contributed by atoms with Crippen molar-refractivity contribution in [2.75, 3.05) is 0 Å². The molecule has 0 rings (SSSR count). The van der Waals surface area contributed by atoms with E-state index in [1.165, 1.54) is 0 Å². The van der Waals surface area contributed by atoms with Gasteiger partial charge in [0, 0.05) is 0 Å². The number of alkyl halides is 6. The normalized spacial score (nSPS) is 16.2. The smallest absolute Gasteiger partial charge is 0.247 e. The predicted molar refractivity (Wildman–Crippen MR) is 30.5 cm³/mol. The summed E-state index contributed by atoms with van der Waals surface area (Å²) < 4.78 is 70.2. The molecule has 0 spiro atoms. The van der Waals surface area contributed by atoms with Gasteiger partial charge in [0.25, 0.3) is 0 Å². The first-order valence-corrected chi connectivity index (χ1v) is 3.08. The third-order valence-corrected chi connectivity index (χ3v) is 1.21. The summed E-state index contributed by atoms with van der Waals surface area (Å²) in [6.07, 6.45) is -10.3. The molecule has 73 valence electrons. The average Bonchev–Trinajstić information content (AvgIpc) is 1.84. The van der Waals surface area contributed by atoms with Crippen LogP contribution in [0.15, 0.2) is 0 Å². The molecule has 0 heterocycles. The minimum atomic E-state index is -5.67. The summed E-state index contributed by atoms with van der Waals surface area (Å²) in [6.45, 7) is 2.88. The minimum absolute atomic E-state index is 0.592. The fraction of sp³-hybridized carbons (Fsp3) is 0.833. The molecule has 0 aliphatic rings. The summed E-state index contributed by atoms with van der Waals surface area (Å²) in [5.74, 6) is -4.95. The molecular formula is C6H7F6. The second-order valence-corrected chi connectivity index (χ2v) is 2.29. The third-order valence-electron chi connectivity index (χ3n) is 1.21. The second-order valence-electron chi connectivity index (χ2n) is 2.29. The minimum Gasteiger partial charge on any atom is -0.247 e. The summed E-state index contributed by atoms with van der Waals surface area (Å²) in [7, 11) is 0. The molecule has 0 aliphatic carbocycles. The molecule has 0 saturated carbocycles. The van der Waals surface area contributed by atoms with Crippen LogP contribution in [-0.2, 0) is 0 Å². The van der Waals surface area contributed by atoms with Crippen molar-refractivity contribution in [1.82, 2.24) is 0 Å². The van der Waals surface area contributed by atoms with Gasteiger partial charge < -0.3 is 0 Å². The zero-order chi connectivity index (χ0) is 9.99. The maximum absolute atomic E-state index is 12.1. The Morgan fingerprint density at radius 1 is 1.08 bits per heavy atom. The number of hydrogen-bond donors (Lipinski definition) is 0. The van der Waals surface area contributed by atoms with Crippen LogP contribution in [-0.4, -0.2) is 18.3 Å². The van der Waals surface area contributed by atoms with Crippen LogP contribution < -0.4 is 0 Å². The SMILES string of the molecule is [CH2]C[C@H](F)CC(F)(F)C(F)(F)F. The Bertz CT molecular complexity index is 137. The van der Waals surface area contributed by atoms with E-state index in [1.807, 2.05) is 0 Å². The molecule has 0 unspecified atom stereocenters. The molecule has 1 atom stereocenters. The first-order valence-electron chi connectivity index (χ1n) is 3.08. The largest absolute Gasteiger partial charge is 0.453 e. The highest BCUT2D eigenvalue weighted by atomic mass is 19.4. The second kappa shape index (κ2) is 3.53. The van der Waals surface area contributed by atoms with E-state index in [9.17, 15) is 26.3 Å². The molecule has 0 aromatic rings. The van der Waals surface area contributed by atoms with Gasteiger partial charge >= 0.3 is 12.1 Å². The lowest BCUT2D eigenvalue weighted by molar-refractivity contribution is -0.288. The molecule has 0 bridgehead atoms. The van der Waals surface area contributed by atoms with Crippen LogP contribution in [0.3, 0.4) is 0 Å². The van der Waals surface area contributed by atoms with Gasteiger partial charge in [0.05, 0.1) is 6.42 Å². The zero-order valence-electron chi connectivity index (χ0n) is 5.97. The topological polar surface area (TPSA) is 0 Å². The highest BCUT2D eigenvalue weighted by Gasteiger charge is 2.57. The first-order chi connectivity index (χ1) is 5.20. The maximum atomic E-state index is 12.1. The van der Waals surface area contributed by atoms with Crippen LogP contribution in [0.5, 0.6) is 0 Å². The number of halogens is 6. The van der Waals surface area contributed by atoms with Crippen LogP contribution >= 0.6 is 0 Å². The third kappa shape index (κ3) is 2.91. The van der Waals surface area contributed by atoms with E-state index in [4.69, 9.17) is 0 Å². The highest BCUT2D eigenvalue weighted by Crippen LogP contribution is 2.39. The summed E-state index contributed by atoms with van der Waals surface area (Å²) in [5, 5.41) is 0. The summed E-state index contributed by atoms with van der Waals surface area (Å²) in [4.78, 5) is 0. The van der Waals surface area contributed by atoms with Gasteiger partial charge in [-0.25, -0.2) is 4.39 Å². The zero-order valence-corrected chi connectivity index (χ0v) is 5.97. The van der Waals surface area contributed by atoms with Gasteiger partial charge in [0.15, 0.2) is 0 Å². The van der Waals surface area contributed by atoms with Gasteiger partial charge in [-0.05, 0) is 6.42 Å². The molecule has 0 aliphatic heterocycles. The van der Waals surface area contributed by atoms with Gasteiger partial charge in [-0.3, -0.25) is 0 Å². The lowest BCUT2D eigenvalue weighted by Crippen LogP contribution is -2.38. The van der Waals surface area contributed by atoms with E-state index in [-0.39, 0.29) is 0 Å². The van der Waals surface area contributed by atoms with Crippen molar-refractivity contribution in [3.8, 4) is 0 Å². The lowest BCUT2D eigenvalue weighted by atomic mass is 10.1. The molecule has 0 N–H and O–H groups in total. The average molecular weight is 193 g/mol. The summed E-state index contributed by atoms with van der Waals surface area (Å²) in [6, 6.07) is 0. The Kier molecular flexibility index (Phi) is 3.41. The Labute approximate surface area is 65.6 Å². The van der Waals surface area contributed by atoms with Crippen LogP contribution in [0.25, 0.3) is 0 Å².